The van der Waals surface area contributed by atoms with Crippen LogP contribution in [0.25, 0.3) is 0 Å². The fourth-order valence-electron chi connectivity index (χ4n) is 4.27. The Kier molecular flexibility index (Phi) is 9.11. The van der Waals surface area contributed by atoms with Crippen LogP contribution in [0.2, 0.25) is 5.02 Å². The molecule has 0 aliphatic heterocycles. The molecule has 0 saturated heterocycles. The molecule has 2 amide bonds. The third-order valence-corrected chi connectivity index (χ3v) is 6.33. The zero-order valence-corrected chi connectivity index (χ0v) is 21.8. The Morgan fingerprint density at radius 1 is 0.857 bits per heavy atom. The van der Waals surface area contributed by atoms with Gasteiger partial charge in [-0.3, -0.25) is 9.59 Å². The largest absolute Gasteiger partial charge is 0.350 e. The van der Waals surface area contributed by atoms with Gasteiger partial charge in [0, 0.05) is 29.4 Å². The van der Waals surface area contributed by atoms with Crippen LogP contribution in [0.1, 0.15) is 63.1 Å². The summed E-state index contributed by atoms with van der Waals surface area (Å²) in [5.74, 6) is -0.364. The van der Waals surface area contributed by atoms with Crippen LogP contribution in [-0.2, 0) is 16.1 Å². The molecule has 0 radical (unpaired) electrons. The number of nitrogens with zero attached hydrogens (tertiary/aromatic N) is 1. The summed E-state index contributed by atoms with van der Waals surface area (Å²) in [4.78, 5) is 29.0. The first kappa shape index (κ1) is 26.5. The van der Waals surface area contributed by atoms with Gasteiger partial charge in [-0.1, -0.05) is 97.4 Å². The fraction of sp³-hybridized carbons (Fsp3) is 0.333. The minimum atomic E-state index is -0.606. The van der Waals surface area contributed by atoms with Gasteiger partial charge in [-0.2, -0.15) is 0 Å². The lowest BCUT2D eigenvalue weighted by Crippen LogP contribution is -2.53. The molecule has 3 rings (SSSR count). The number of carbonyl (C=O) groups is 2. The van der Waals surface area contributed by atoms with Gasteiger partial charge in [0.05, 0.1) is 0 Å². The van der Waals surface area contributed by atoms with Crippen LogP contribution in [0, 0.1) is 0 Å². The second kappa shape index (κ2) is 12.0. The Hall–Kier alpha value is -3.11. The van der Waals surface area contributed by atoms with E-state index in [4.69, 9.17) is 11.6 Å². The molecule has 0 fully saturated rings. The van der Waals surface area contributed by atoms with Crippen molar-refractivity contribution in [3.63, 3.8) is 0 Å². The highest BCUT2D eigenvalue weighted by atomic mass is 35.5. The van der Waals surface area contributed by atoms with Crippen LogP contribution in [0.3, 0.4) is 0 Å². The minimum Gasteiger partial charge on any atom is -0.350 e. The molecule has 35 heavy (non-hydrogen) atoms. The highest BCUT2D eigenvalue weighted by Crippen LogP contribution is 2.30. The fourth-order valence-corrected chi connectivity index (χ4v) is 4.47. The molecule has 0 aromatic heterocycles. The van der Waals surface area contributed by atoms with Gasteiger partial charge in [0.2, 0.25) is 11.8 Å². The smallest absolute Gasteiger partial charge is 0.243 e. The molecule has 3 aromatic rings. The summed E-state index contributed by atoms with van der Waals surface area (Å²) >= 11 is 6.47. The maximum Gasteiger partial charge on any atom is 0.243 e. The van der Waals surface area contributed by atoms with Crippen molar-refractivity contribution in [1.29, 1.82) is 0 Å². The van der Waals surface area contributed by atoms with Gasteiger partial charge >= 0.3 is 0 Å². The Morgan fingerprint density at radius 3 is 1.86 bits per heavy atom. The summed E-state index contributed by atoms with van der Waals surface area (Å²) in [7, 11) is 0. The van der Waals surface area contributed by atoms with Crippen LogP contribution in [0.15, 0.2) is 84.9 Å². The first-order valence-electron chi connectivity index (χ1n) is 12.1. The standard InChI is InChI=1S/C30H35ClN2O2/c1-5-27(29(35)32-30(2,3)4)33(21-24-18-12-13-19-26(24)31)28(34)20-25(22-14-8-6-9-15-22)23-16-10-7-11-17-23/h6-19,25,27H,5,20-21H2,1-4H3,(H,32,35)/t27-/m1/s1. The second-order valence-electron chi connectivity index (χ2n) is 9.85. The number of rotatable bonds is 9. The highest BCUT2D eigenvalue weighted by molar-refractivity contribution is 6.31. The molecule has 0 aliphatic carbocycles. The van der Waals surface area contributed by atoms with Gasteiger partial charge < -0.3 is 10.2 Å². The molecule has 0 spiro atoms. The van der Waals surface area contributed by atoms with Crippen LogP contribution in [-0.4, -0.2) is 28.3 Å². The predicted octanol–water partition coefficient (Wildman–Crippen LogP) is 6.58. The first-order chi connectivity index (χ1) is 16.7. The Bertz CT molecular complexity index is 1070. The molecule has 1 atom stereocenters. The summed E-state index contributed by atoms with van der Waals surface area (Å²) in [5.41, 5.74) is 2.55. The van der Waals surface area contributed by atoms with Gasteiger partial charge in [-0.05, 0) is 49.9 Å². The van der Waals surface area contributed by atoms with Crippen molar-refractivity contribution in [3.05, 3.63) is 107 Å². The third-order valence-electron chi connectivity index (χ3n) is 5.97. The van der Waals surface area contributed by atoms with Crippen molar-refractivity contribution in [2.75, 3.05) is 0 Å². The zero-order valence-electron chi connectivity index (χ0n) is 21.0. The number of nitrogens with one attached hydrogen (secondary N) is 1. The summed E-state index contributed by atoms with van der Waals surface area (Å²) in [6.07, 6.45) is 0.747. The summed E-state index contributed by atoms with van der Waals surface area (Å²) in [6.45, 7) is 8.03. The van der Waals surface area contributed by atoms with Crippen molar-refractivity contribution in [3.8, 4) is 0 Å². The second-order valence-corrected chi connectivity index (χ2v) is 10.3. The van der Waals surface area contributed by atoms with Crippen LogP contribution in [0.5, 0.6) is 0 Å². The molecule has 0 unspecified atom stereocenters. The summed E-state index contributed by atoms with van der Waals surface area (Å²) in [6, 6.07) is 27.0. The lowest BCUT2D eigenvalue weighted by atomic mass is 9.88. The zero-order chi connectivity index (χ0) is 25.4. The van der Waals surface area contributed by atoms with Gasteiger partial charge in [0.1, 0.15) is 6.04 Å². The molecule has 184 valence electrons. The van der Waals surface area contributed by atoms with E-state index in [2.05, 4.69) is 5.32 Å². The number of hydrogen-bond acceptors (Lipinski definition) is 2. The molecule has 3 aromatic carbocycles. The van der Waals surface area contributed by atoms with Gasteiger partial charge in [0.15, 0.2) is 0 Å². The monoisotopic (exact) mass is 490 g/mol. The molecule has 4 nitrogen and oxygen atoms in total. The minimum absolute atomic E-state index is 0.0847. The number of carbonyl (C=O) groups excluding carboxylic acids is 2. The van der Waals surface area contributed by atoms with Gasteiger partial charge in [-0.25, -0.2) is 0 Å². The van der Waals surface area contributed by atoms with E-state index in [1.54, 1.807) is 4.90 Å². The Morgan fingerprint density at radius 2 is 1.37 bits per heavy atom. The summed E-state index contributed by atoms with van der Waals surface area (Å²) < 4.78 is 0. The first-order valence-corrected chi connectivity index (χ1v) is 12.5. The molecule has 5 heteroatoms. The maximum atomic E-state index is 14.0. The predicted molar refractivity (Wildman–Crippen MR) is 143 cm³/mol. The van der Waals surface area contributed by atoms with Crippen molar-refractivity contribution < 1.29 is 9.59 Å². The Balaban J connectivity index is 1.98. The molecule has 0 saturated carbocycles. The van der Waals surface area contributed by atoms with Crippen molar-refractivity contribution in [2.24, 2.45) is 0 Å². The molecule has 0 bridgehead atoms. The van der Waals surface area contributed by atoms with E-state index in [0.717, 1.165) is 16.7 Å². The SMILES string of the molecule is CC[C@H](C(=O)NC(C)(C)C)N(Cc1ccccc1Cl)C(=O)CC(c1ccccc1)c1ccccc1. The quantitative estimate of drug-likeness (QED) is 0.368. The lowest BCUT2D eigenvalue weighted by Gasteiger charge is -2.34. The van der Waals surface area contributed by atoms with E-state index in [1.807, 2.05) is 113 Å². The van der Waals surface area contributed by atoms with E-state index in [1.165, 1.54) is 0 Å². The Labute approximate surface area is 214 Å². The van der Waals surface area contributed by atoms with Crippen molar-refractivity contribution in [1.82, 2.24) is 10.2 Å². The van der Waals surface area contributed by atoms with Gasteiger partial charge in [0.25, 0.3) is 0 Å². The summed E-state index contributed by atoms with van der Waals surface area (Å²) in [5, 5.41) is 3.64. The van der Waals surface area contributed by atoms with E-state index < -0.39 is 11.6 Å². The van der Waals surface area contributed by atoms with Crippen molar-refractivity contribution in [2.45, 2.75) is 64.6 Å². The van der Waals surface area contributed by atoms with Crippen LogP contribution >= 0.6 is 11.6 Å². The lowest BCUT2D eigenvalue weighted by molar-refractivity contribution is -0.142. The number of benzene rings is 3. The molecular weight excluding hydrogens is 456 g/mol. The number of amides is 2. The van der Waals surface area contributed by atoms with E-state index in [0.29, 0.717) is 11.4 Å². The van der Waals surface area contributed by atoms with E-state index in [9.17, 15) is 9.59 Å². The normalized spacial score (nSPS) is 12.3. The molecule has 0 heterocycles. The van der Waals surface area contributed by atoms with E-state index >= 15 is 0 Å². The van der Waals surface area contributed by atoms with Crippen LogP contribution in [0.4, 0.5) is 0 Å². The molecule has 1 N–H and O–H groups in total. The number of hydrogen-bond donors (Lipinski definition) is 1. The van der Waals surface area contributed by atoms with Crippen molar-refractivity contribution >= 4 is 23.4 Å². The average Bonchev–Trinajstić information content (AvgIpc) is 2.83. The topological polar surface area (TPSA) is 49.4 Å². The van der Waals surface area contributed by atoms with Crippen LogP contribution < -0.4 is 5.32 Å². The average molecular weight is 491 g/mol. The molecular formula is C30H35ClN2O2. The van der Waals surface area contributed by atoms with E-state index in [-0.39, 0.29) is 30.7 Å². The van der Waals surface area contributed by atoms with Gasteiger partial charge in [-0.15, -0.1) is 0 Å². The third kappa shape index (κ3) is 7.43. The molecule has 0 aliphatic rings. The maximum absolute atomic E-state index is 14.0. The highest BCUT2D eigenvalue weighted by Gasteiger charge is 2.32. The number of halogens is 1.